The van der Waals surface area contributed by atoms with Crippen LogP contribution in [0.25, 0.3) is 0 Å². The van der Waals surface area contributed by atoms with Gasteiger partial charge < -0.3 is 14.8 Å². The van der Waals surface area contributed by atoms with Gasteiger partial charge in [0.1, 0.15) is 0 Å². The molecule has 8 nitrogen and oxygen atoms in total. The Labute approximate surface area is 157 Å². The molecule has 1 N–H and O–H groups in total. The fourth-order valence-corrected chi connectivity index (χ4v) is 3.05. The number of aromatic nitrogens is 4. The summed E-state index contributed by atoms with van der Waals surface area (Å²) >= 11 is 1.46. The van der Waals surface area contributed by atoms with Gasteiger partial charge >= 0.3 is 0 Å². The summed E-state index contributed by atoms with van der Waals surface area (Å²) in [6, 6.07) is 5.88. The number of carbonyl (C=O) groups is 1. The summed E-state index contributed by atoms with van der Waals surface area (Å²) in [5.74, 6) is 2.14. The van der Waals surface area contributed by atoms with Gasteiger partial charge in [0, 0.05) is 25.8 Å². The molecule has 142 valence electrons. The Balaban J connectivity index is 1.73. The summed E-state index contributed by atoms with van der Waals surface area (Å²) < 4.78 is 12.8. The van der Waals surface area contributed by atoms with Gasteiger partial charge in [0.25, 0.3) is 0 Å². The lowest BCUT2D eigenvalue weighted by Crippen LogP contribution is -2.25. The van der Waals surface area contributed by atoms with Crippen LogP contribution in [0, 0.1) is 0 Å². The van der Waals surface area contributed by atoms with Gasteiger partial charge in [-0.05, 0) is 48.4 Å². The van der Waals surface area contributed by atoms with Gasteiger partial charge in [0.15, 0.2) is 11.5 Å². The Kier molecular flexibility index (Phi) is 8.20. The zero-order valence-corrected chi connectivity index (χ0v) is 16.2. The zero-order chi connectivity index (χ0) is 18.8. The highest BCUT2D eigenvalue weighted by Gasteiger charge is 2.08. The van der Waals surface area contributed by atoms with Gasteiger partial charge in [-0.3, -0.25) is 4.79 Å². The fraction of sp³-hybridized carbons (Fsp3) is 0.529. The van der Waals surface area contributed by atoms with Crippen molar-refractivity contribution in [2.75, 3.05) is 25.5 Å². The molecule has 0 atom stereocenters. The number of aryl methyl sites for hydroxylation is 1. The highest BCUT2D eigenvalue weighted by molar-refractivity contribution is 7.99. The highest BCUT2D eigenvalue weighted by Crippen LogP contribution is 2.28. The van der Waals surface area contributed by atoms with E-state index in [9.17, 15) is 4.79 Å². The van der Waals surface area contributed by atoms with Gasteiger partial charge in [-0.25, -0.2) is 4.68 Å². The van der Waals surface area contributed by atoms with Crippen molar-refractivity contribution in [1.82, 2.24) is 25.5 Å². The first-order chi connectivity index (χ1) is 12.6. The van der Waals surface area contributed by atoms with E-state index < -0.39 is 0 Å². The number of thioether (sulfide) groups is 1. The molecule has 2 rings (SSSR count). The van der Waals surface area contributed by atoms with E-state index in [-0.39, 0.29) is 5.91 Å². The number of amides is 1. The lowest BCUT2D eigenvalue weighted by Gasteiger charge is -2.12. The average molecular weight is 379 g/mol. The summed E-state index contributed by atoms with van der Waals surface area (Å²) in [5.41, 5.74) is 1.09. The number of ether oxygens (including phenoxy) is 2. The second-order valence-electron chi connectivity index (χ2n) is 5.43. The first-order valence-corrected chi connectivity index (χ1v) is 9.63. The van der Waals surface area contributed by atoms with Crippen LogP contribution in [0.1, 0.15) is 25.8 Å². The number of hydrogen-bond donors (Lipinski definition) is 1. The van der Waals surface area contributed by atoms with E-state index in [1.54, 1.807) is 11.7 Å². The van der Waals surface area contributed by atoms with Crippen LogP contribution in [0.3, 0.4) is 0 Å². The Bertz CT molecular complexity index is 707. The fourth-order valence-electron chi connectivity index (χ4n) is 2.26. The Morgan fingerprint density at radius 2 is 2.00 bits per heavy atom. The number of rotatable bonds is 11. The average Bonchev–Trinajstić information content (AvgIpc) is 3.02. The molecule has 0 radical (unpaired) electrons. The molecule has 0 aliphatic carbocycles. The van der Waals surface area contributed by atoms with Crippen molar-refractivity contribution in [1.29, 1.82) is 0 Å². The number of carbonyl (C=O) groups excluding carboxylic acids is 1. The molecule has 0 saturated carbocycles. The molecule has 2 aromatic rings. The third-order valence-electron chi connectivity index (χ3n) is 3.49. The third kappa shape index (κ3) is 6.21. The summed E-state index contributed by atoms with van der Waals surface area (Å²) in [5, 5.41) is 14.8. The summed E-state index contributed by atoms with van der Waals surface area (Å²) in [6.07, 6.45) is 1.16. The molecule has 9 heteroatoms. The van der Waals surface area contributed by atoms with Crippen LogP contribution >= 0.6 is 11.8 Å². The van der Waals surface area contributed by atoms with Crippen LogP contribution in [-0.2, 0) is 18.3 Å². The predicted molar refractivity (Wildman–Crippen MR) is 99.6 cm³/mol. The molecule has 1 amide bonds. The highest BCUT2D eigenvalue weighted by atomic mass is 32.2. The monoisotopic (exact) mass is 379 g/mol. The van der Waals surface area contributed by atoms with E-state index in [0.29, 0.717) is 37.1 Å². The summed E-state index contributed by atoms with van der Waals surface area (Å²) in [6.45, 7) is 5.64. The van der Waals surface area contributed by atoms with Crippen LogP contribution < -0.4 is 14.8 Å². The maximum absolute atomic E-state index is 11.9. The smallest absolute Gasteiger partial charge is 0.220 e. The lowest BCUT2D eigenvalue weighted by atomic mass is 10.1. The molecule has 0 spiro atoms. The van der Waals surface area contributed by atoms with Gasteiger partial charge in [-0.2, -0.15) is 0 Å². The molecule has 0 bridgehead atoms. The molecule has 1 heterocycles. The van der Waals surface area contributed by atoms with E-state index in [2.05, 4.69) is 20.8 Å². The van der Waals surface area contributed by atoms with E-state index in [4.69, 9.17) is 9.47 Å². The van der Waals surface area contributed by atoms with Crippen LogP contribution in [0.4, 0.5) is 0 Å². The molecule has 0 saturated heterocycles. The number of hydrogen-bond acceptors (Lipinski definition) is 7. The van der Waals surface area contributed by atoms with Crippen LogP contribution in [0.15, 0.2) is 23.4 Å². The normalized spacial score (nSPS) is 10.6. The first-order valence-electron chi connectivity index (χ1n) is 8.64. The predicted octanol–water partition coefficient (Wildman–Crippen LogP) is 1.85. The first kappa shape index (κ1) is 20.0. The number of nitrogens with one attached hydrogen (secondary N) is 1. The Hall–Kier alpha value is -2.29. The Morgan fingerprint density at radius 3 is 2.69 bits per heavy atom. The van der Waals surface area contributed by atoms with Gasteiger partial charge in [0.2, 0.25) is 11.1 Å². The molecule has 0 unspecified atom stereocenters. The summed E-state index contributed by atoms with van der Waals surface area (Å²) in [4.78, 5) is 11.9. The van der Waals surface area contributed by atoms with E-state index in [1.807, 2.05) is 32.0 Å². The molecule has 1 aromatic carbocycles. The van der Waals surface area contributed by atoms with Crippen molar-refractivity contribution in [3.05, 3.63) is 23.8 Å². The zero-order valence-electron chi connectivity index (χ0n) is 15.4. The van der Waals surface area contributed by atoms with Crippen LogP contribution in [-0.4, -0.2) is 51.6 Å². The quantitative estimate of drug-likeness (QED) is 0.596. The topological polar surface area (TPSA) is 91.2 Å². The van der Waals surface area contributed by atoms with Gasteiger partial charge in [0.05, 0.1) is 13.2 Å². The maximum Gasteiger partial charge on any atom is 0.220 e. The molecule has 0 fully saturated rings. The van der Waals surface area contributed by atoms with Gasteiger partial charge in [-0.15, -0.1) is 5.10 Å². The van der Waals surface area contributed by atoms with E-state index in [1.165, 1.54) is 11.8 Å². The minimum atomic E-state index is 0.0172. The Morgan fingerprint density at radius 1 is 1.23 bits per heavy atom. The van der Waals surface area contributed by atoms with Gasteiger partial charge in [-0.1, -0.05) is 17.8 Å². The van der Waals surface area contributed by atoms with Crippen molar-refractivity contribution in [2.45, 2.75) is 31.8 Å². The molecule has 1 aromatic heterocycles. The number of benzene rings is 1. The molecular formula is C17H25N5O3S. The van der Waals surface area contributed by atoms with Crippen molar-refractivity contribution < 1.29 is 14.3 Å². The van der Waals surface area contributed by atoms with Crippen LogP contribution in [0.2, 0.25) is 0 Å². The molecule has 26 heavy (non-hydrogen) atoms. The molecular weight excluding hydrogens is 354 g/mol. The minimum absolute atomic E-state index is 0.0172. The van der Waals surface area contributed by atoms with E-state index in [0.717, 1.165) is 23.5 Å². The second kappa shape index (κ2) is 10.6. The third-order valence-corrected chi connectivity index (χ3v) is 4.50. The number of tetrazole rings is 1. The SMILES string of the molecule is CCOc1ccc(CCNC(=O)CCSc2nnnn2C)cc1OCC. The van der Waals surface area contributed by atoms with E-state index >= 15 is 0 Å². The second-order valence-corrected chi connectivity index (χ2v) is 6.49. The van der Waals surface area contributed by atoms with Crippen LogP contribution in [0.5, 0.6) is 11.5 Å². The number of nitrogens with zero attached hydrogens (tertiary/aromatic N) is 4. The standard InChI is InChI=1S/C17H25N5O3S/c1-4-24-14-7-6-13(12-15(14)25-5-2)8-10-18-16(23)9-11-26-17-19-20-21-22(17)3/h6-7,12H,4-5,8-11H2,1-3H3,(H,18,23). The largest absolute Gasteiger partial charge is 0.490 e. The van der Waals surface area contributed by atoms with Crippen molar-refractivity contribution in [3.8, 4) is 11.5 Å². The van der Waals surface area contributed by atoms with Crippen molar-refractivity contribution >= 4 is 17.7 Å². The lowest BCUT2D eigenvalue weighted by molar-refractivity contribution is -0.120. The minimum Gasteiger partial charge on any atom is -0.490 e. The molecule has 0 aliphatic heterocycles. The van der Waals surface area contributed by atoms with Crippen molar-refractivity contribution in [3.63, 3.8) is 0 Å². The molecule has 0 aliphatic rings. The summed E-state index contributed by atoms with van der Waals surface area (Å²) in [7, 11) is 1.77. The van der Waals surface area contributed by atoms with Crippen molar-refractivity contribution in [2.24, 2.45) is 7.05 Å². The maximum atomic E-state index is 11.9.